The van der Waals surface area contributed by atoms with Crippen LogP contribution in [-0.2, 0) is 6.42 Å². The third kappa shape index (κ3) is 2.64. The second kappa shape index (κ2) is 5.90. The van der Waals surface area contributed by atoms with Crippen molar-refractivity contribution in [3.8, 4) is 17.5 Å². The summed E-state index contributed by atoms with van der Waals surface area (Å²) in [5.41, 5.74) is 1.85. The topological polar surface area (TPSA) is 41.6 Å². The molecule has 0 saturated carbocycles. The molecule has 0 spiro atoms. The van der Waals surface area contributed by atoms with Crippen molar-refractivity contribution in [1.29, 1.82) is 5.26 Å². The highest BCUT2D eigenvalue weighted by Gasteiger charge is 2.19. The minimum absolute atomic E-state index is 0.333. The molecule has 0 aliphatic rings. The van der Waals surface area contributed by atoms with Crippen molar-refractivity contribution in [3.05, 3.63) is 41.2 Å². The van der Waals surface area contributed by atoms with E-state index in [1.165, 1.54) is 0 Å². The predicted molar refractivity (Wildman–Crippen MR) is 77.0 cm³/mol. The summed E-state index contributed by atoms with van der Waals surface area (Å²) < 4.78 is 1.81. The quantitative estimate of drug-likeness (QED) is 0.836. The van der Waals surface area contributed by atoms with E-state index in [2.05, 4.69) is 18.0 Å². The SMILES string of the molecule is CCCc1nc(-c2ccccc2)n(C(C)C#N)c1Cl. The van der Waals surface area contributed by atoms with Crippen molar-refractivity contribution >= 4 is 11.6 Å². The highest BCUT2D eigenvalue weighted by Crippen LogP contribution is 2.30. The summed E-state index contributed by atoms with van der Waals surface area (Å²) in [6.45, 7) is 3.92. The van der Waals surface area contributed by atoms with Gasteiger partial charge in [-0.1, -0.05) is 55.3 Å². The van der Waals surface area contributed by atoms with Crippen LogP contribution in [0.1, 0.15) is 32.0 Å². The average Bonchev–Trinajstić information content (AvgIpc) is 2.77. The zero-order valence-electron chi connectivity index (χ0n) is 11.1. The van der Waals surface area contributed by atoms with E-state index in [-0.39, 0.29) is 6.04 Å². The van der Waals surface area contributed by atoms with Crippen LogP contribution in [0.4, 0.5) is 0 Å². The van der Waals surface area contributed by atoms with E-state index in [0.717, 1.165) is 29.9 Å². The number of hydrogen-bond acceptors (Lipinski definition) is 2. The first-order chi connectivity index (χ1) is 9.19. The molecule has 1 aromatic heterocycles. The molecular formula is C15H16ClN3. The molecule has 0 N–H and O–H groups in total. The molecule has 0 amide bonds. The molecule has 1 aromatic carbocycles. The molecule has 3 nitrogen and oxygen atoms in total. The Morgan fingerprint density at radius 1 is 1.37 bits per heavy atom. The molecule has 0 saturated heterocycles. The minimum atomic E-state index is -0.333. The summed E-state index contributed by atoms with van der Waals surface area (Å²) >= 11 is 6.38. The molecule has 1 unspecified atom stereocenters. The summed E-state index contributed by atoms with van der Waals surface area (Å²) in [5.74, 6) is 0.767. The van der Waals surface area contributed by atoms with Crippen LogP contribution in [0.15, 0.2) is 30.3 Å². The highest BCUT2D eigenvalue weighted by atomic mass is 35.5. The summed E-state index contributed by atoms with van der Waals surface area (Å²) in [7, 11) is 0. The third-order valence-corrected chi connectivity index (χ3v) is 3.41. The molecule has 0 fully saturated rings. The molecule has 0 radical (unpaired) electrons. The molecule has 0 aliphatic carbocycles. The molecule has 0 aliphatic heterocycles. The summed E-state index contributed by atoms with van der Waals surface area (Å²) in [5, 5.41) is 9.74. The fourth-order valence-electron chi connectivity index (χ4n) is 2.06. The lowest BCUT2D eigenvalue weighted by molar-refractivity contribution is 0.680. The van der Waals surface area contributed by atoms with Crippen LogP contribution in [0, 0.1) is 11.3 Å². The van der Waals surface area contributed by atoms with E-state index in [1.54, 1.807) is 0 Å². The smallest absolute Gasteiger partial charge is 0.142 e. The molecule has 1 heterocycles. The molecule has 0 bridgehead atoms. The van der Waals surface area contributed by atoms with Crippen LogP contribution < -0.4 is 0 Å². The fourth-order valence-corrected chi connectivity index (χ4v) is 2.42. The third-order valence-electron chi connectivity index (χ3n) is 3.01. The molecule has 2 aromatic rings. The van der Waals surface area contributed by atoms with Crippen LogP contribution in [0.3, 0.4) is 0 Å². The van der Waals surface area contributed by atoms with Crippen molar-refractivity contribution < 1.29 is 0 Å². The largest absolute Gasteiger partial charge is 0.298 e. The van der Waals surface area contributed by atoms with Gasteiger partial charge in [-0.05, 0) is 13.3 Å². The maximum Gasteiger partial charge on any atom is 0.142 e. The Labute approximate surface area is 118 Å². The summed E-state index contributed by atoms with van der Waals surface area (Å²) in [6, 6.07) is 11.7. The van der Waals surface area contributed by atoms with E-state index in [0.29, 0.717) is 5.15 Å². The van der Waals surface area contributed by atoms with Gasteiger partial charge >= 0.3 is 0 Å². The number of imidazole rings is 1. The lowest BCUT2D eigenvalue weighted by Gasteiger charge is -2.10. The van der Waals surface area contributed by atoms with Crippen molar-refractivity contribution in [2.75, 3.05) is 0 Å². The number of aromatic nitrogens is 2. The normalized spacial score (nSPS) is 12.1. The molecule has 1 atom stereocenters. The number of rotatable bonds is 4. The average molecular weight is 274 g/mol. The Balaban J connectivity index is 2.59. The molecule has 4 heteroatoms. The predicted octanol–water partition coefficient (Wildman–Crippen LogP) is 4.24. The lowest BCUT2D eigenvalue weighted by atomic mass is 10.2. The van der Waals surface area contributed by atoms with Gasteiger partial charge in [0.1, 0.15) is 17.0 Å². The zero-order chi connectivity index (χ0) is 13.8. The van der Waals surface area contributed by atoms with Crippen molar-refractivity contribution in [2.45, 2.75) is 32.7 Å². The van der Waals surface area contributed by atoms with Gasteiger partial charge in [0.05, 0.1) is 11.8 Å². The zero-order valence-corrected chi connectivity index (χ0v) is 11.9. The molecular weight excluding hydrogens is 258 g/mol. The Bertz CT molecular complexity index is 596. The Morgan fingerprint density at radius 2 is 2.05 bits per heavy atom. The Morgan fingerprint density at radius 3 is 2.63 bits per heavy atom. The van der Waals surface area contributed by atoms with Gasteiger partial charge in [0.25, 0.3) is 0 Å². The van der Waals surface area contributed by atoms with Crippen LogP contribution >= 0.6 is 11.6 Å². The second-order valence-corrected chi connectivity index (χ2v) is 4.82. The standard InChI is InChI=1S/C15H16ClN3/c1-3-7-13-14(16)19(11(2)10-17)15(18-13)12-8-5-4-6-9-12/h4-6,8-9,11H,3,7H2,1-2H3. The Kier molecular flexibility index (Phi) is 4.24. The molecule has 19 heavy (non-hydrogen) atoms. The van der Waals surface area contributed by atoms with Crippen LogP contribution in [0.2, 0.25) is 5.15 Å². The summed E-state index contributed by atoms with van der Waals surface area (Å²) in [6.07, 6.45) is 1.80. The van der Waals surface area contributed by atoms with Crippen LogP contribution in [-0.4, -0.2) is 9.55 Å². The van der Waals surface area contributed by atoms with E-state index >= 15 is 0 Å². The minimum Gasteiger partial charge on any atom is -0.298 e. The van der Waals surface area contributed by atoms with Gasteiger partial charge in [0, 0.05) is 5.56 Å². The van der Waals surface area contributed by atoms with Gasteiger partial charge < -0.3 is 0 Å². The number of hydrogen-bond donors (Lipinski definition) is 0. The number of benzene rings is 1. The van der Waals surface area contributed by atoms with E-state index in [9.17, 15) is 0 Å². The van der Waals surface area contributed by atoms with Crippen LogP contribution in [0.25, 0.3) is 11.4 Å². The van der Waals surface area contributed by atoms with Gasteiger partial charge in [-0.3, -0.25) is 4.57 Å². The maximum absolute atomic E-state index is 9.17. The number of nitriles is 1. The van der Waals surface area contributed by atoms with Crippen molar-refractivity contribution in [3.63, 3.8) is 0 Å². The molecule has 2 rings (SSSR count). The highest BCUT2D eigenvalue weighted by molar-refractivity contribution is 6.30. The summed E-state index contributed by atoms with van der Waals surface area (Å²) in [4.78, 5) is 4.62. The molecule has 98 valence electrons. The second-order valence-electron chi connectivity index (χ2n) is 4.46. The van der Waals surface area contributed by atoms with Gasteiger partial charge in [-0.15, -0.1) is 0 Å². The lowest BCUT2D eigenvalue weighted by Crippen LogP contribution is -2.05. The number of halogens is 1. The Hall–Kier alpha value is -1.79. The first-order valence-corrected chi connectivity index (χ1v) is 6.78. The maximum atomic E-state index is 9.17. The van der Waals surface area contributed by atoms with Gasteiger partial charge in [-0.25, -0.2) is 4.98 Å². The van der Waals surface area contributed by atoms with E-state index in [1.807, 2.05) is 41.8 Å². The first kappa shape index (κ1) is 13.6. The van der Waals surface area contributed by atoms with Gasteiger partial charge in [0.15, 0.2) is 0 Å². The first-order valence-electron chi connectivity index (χ1n) is 6.40. The van der Waals surface area contributed by atoms with Gasteiger partial charge in [-0.2, -0.15) is 5.26 Å². The number of aryl methyl sites for hydroxylation is 1. The van der Waals surface area contributed by atoms with Crippen molar-refractivity contribution in [1.82, 2.24) is 9.55 Å². The monoisotopic (exact) mass is 273 g/mol. The van der Waals surface area contributed by atoms with Crippen LogP contribution in [0.5, 0.6) is 0 Å². The van der Waals surface area contributed by atoms with E-state index in [4.69, 9.17) is 16.9 Å². The fraction of sp³-hybridized carbons (Fsp3) is 0.333. The van der Waals surface area contributed by atoms with E-state index < -0.39 is 0 Å². The number of nitrogens with zero attached hydrogens (tertiary/aromatic N) is 3. The van der Waals surface area contributed by atoms with Gasteiger partial charge in [0.2, 0.25) is 0 Å². The van der Waals surface area contributed by atoms with Crippen molar-refractivity contribution in [2.24, 2.45) is 0 Å².